The van der Waals surface area contributed by atoms with E-state index in [0.29, 0.717) is 0 Å². The van der Waals surface area contributed by atoms with Crippen molar-refractivity contribution in [2.45, 2.75) is 31.8 Å². The molecule has 2 N–H and O–H groups in total. The van der Waals surface area contributed by atoms with Gasteiger partial charge in [0.25, 0.3) is 0 Å². The Morgan fingerprint density at radius 1 is 1.64 bits per heavy atom. The van der Waals surface area contributed by atoms with Gasteiger partial charge in [-0.05, 0) is 40.4 Å². The molecule has 1 rings (SSSR count). The normalized spacial score (nSPS) is 23.9. The second-order valence-corrected chi connectivity index (χ2v) is 4.32. The van der Waals surface area contributed by atoms with Gasteiger partial charge in [-0.1, -0.05) is 0 Å². The summed E-state index contributed by atoms with van der Waals surface area (Å²) in [6.07, 6.45) is 2.08. The van der Waals surface area contributed by atoms with Crippen molar-refractivity contribution < 1.29 is 4.79 Å². The summed E-state index contributed by atoms with van der Waals surface area (Å²) in [6.45, 7) is 3.89. The van der Waals surface area contributed by atoms with Gasteiger partial charge in [0.05, 0.1) is 6.04 Å². The minimum atomic E-state index is 0.0413. The van der Waals surface area contributed by atoms with Gasteiger partial charge in [-0.25, -0.2) is 0 Å². The molecule has 1 saturated heterocycles. The third kappa shape index (κ3) is 3.64. The van der Waals surface area contributed by atoms with E-state index >= 15 is 0 Å². The second kappa shape index (κ2) is 5.32. The summed E-state index contributed by atoms with van der Waals surface area (Å²) >= 11 is 0. The predicted octanol–water partition coefficient (Wildman–Crippen LogP) is -0.195. The third-order valence-electron chi connectivity index (χ3n) is 2.40. The zero-order valence-electron chi connectivity index (χ0n) is 9.34. The molecule has 0 spiro atoms. The van der Waals surface area contributed by atoms with E-state index in [9.17, 15) is 4.79 Å². The summed E-state index contributed by atoms with van der Waals surface area (Å²) in [5.74, 6) is 0.150. The number of rotatable bonds is 4. The molecule has 1 aliphatic rings. The van der Waals surface area contributed by atoms with Crippen molar-refractivity contribution in [2.75, 3.05) is 27.2 Å². The molecule has 0 bridgehead atoms. The highest BCUT2D eigenvalue weighted by Gasteiger charge is 2.22. The lowest BCUT2D eigenvalue weighted by atomic mass is 10.2. The van der Waals surface area contributed by atoms with Crippen molar-refractivity contribution in [2.24, 2.45) is 0 Å². The molecular weight excluding hydrogens is 178 g/mol. The zero-order valence-corrected chi connectivity index (χ0v) is 9.34. The van der Waals surface area contributed by atoms with E-state index in [0.717, 1.165) is 25.9 Å². The molecule has 4 heteroatoms. The molecular formula is C10H21N3O. The third-order valence-corrected chi connectivity index (χ3v) is 2.40. The minimum Gasteiger partial charge on any atom is -0.351 e. The van der Waals surface area contributed by atoms with Gasteiger partial charge in [0.15, 0.2) is 0 Å². The van der Waals surface area contributed by atoms with Gasteiger partial charge >= 0.3 is 0 Å². The Kier molecular flexibility index (Phi) is 4.35. The standard InChI is InChI=1S/C10H21N3O/c1-8(7-13(2)3)12-10(14)9-5-4-6-11-9/h8-9,11H,4-7H2,1-3H3,(H,12,14)/t8?,9-/m0/s1. The number of carbonyl (C=O) groups excluding carboxylic acids is 1. The van der Waals surface area contributed by atoms with Crippen LogP contribution in [0.3, 0.4) is 0 Å². The summed E-state index contributed by atoms with van der Waals surface area (Å²) in [7, 11) is 4.02. The lowest BCUT2D eigenvalue weighted by Crippen LogP contribution is -2.47. The van der Waals surface area contributed by atoms with Crippen LogP contribution in [0.2, 0.25) is 0 Å². The average Bonchev–Trinajstić information content (AvgIpc) is 2.53. The number of nitrogens with zero attached hydrogens (tertiary/aromatic N) is 1. The Hall–Kier alpha value is -0.610. The van der Waals surface area contributed by atoms with Gasteiger partial charge < -0.3 is 15.5 Å². The number of carbonyl (C=O) groups is 1. The first-order chi connectivity index (χ1) is 6.59. The van der Waals surface area contributed by atoms with Crippen LogP contribution in [0.5, 0.6) is 0 Å². The van der Waals surface area contributed by atoms with Gasteiger partial charge in [0.2, 0.25) is 5.91 Å². The fraction of sp³-hybridized carbons (Fsp3) is 0.900. The predicted molar refractivity (Wildman–Crippen MR) is 57.2 cm³/mol. The van der Waals surface area contributed by atoms with Crippen LogP contribution in [0.4, 0.5) is 0 Å². The average molecular weight is 199 g/mol. The molecule has 1 amide bonds. The van der Waals surface area contributed by atoms with Gasteiger partial charge in [-0.2, -0.15) is 0 Å². The molecule has 0 saturated carbocycles. The number of amides is 1. The molecule has 0 radical (unpaired) electrons. The molecule has 4 nitrogen and oxygen atoms in total. The van der Waals surface area contributed by atoms with E-state index in [1.165, 1.54) is 0 Å². The zero-order chi connectivity index (χ0) is 10.6. The molecule has 2 atom stereocenters. The number of nitrogens with one attached hydrogen (secondary N) is 2. The maximum Gasteiger partial charge on any atom is 0.237 e. The fourth-order valence-electron chi connectivity index (χ4n) is 1.85. The van der Waals surface area contributed by atoms with Crippen molar-refractivity contribution >= 4 is 5.91 Å². The smallest absolute Gasteiger partial charge is 0.237 e. The molecule has 0 aliphatic carbocycles. The van der Waals surface area contributed by atoms with E-state index in [1.807, 2.05) is 21.0 Å². The van der Waals surface area contributed by atoms with E-state index in [4.69, 9.17) is 0 Å². The molecule has 14 heavy (non-hydrogen) atoms. The van der Waals surface area contributed by atoms with Gasteiger partial charge in [-0.3, -0.25) is 4.79 Å². The van der Waals surface area contributed by atoms with Gasteiger partial charge in [0, 0.05) is 12.6 Å². The molecule has 0 aromatic heterocycles. The maximum absolute atomic E-state index is 11.6. The van der Waals surface area contributed by atoms with Crippen LogP contribution in [0.25, 0.3) is 0 Å². The first-order valence-corrected chi connectivity index (χ1v) is 5.28. The number of hydrogen-bond acceptors (Lipinski definition) is 3. The van der Waals surface area contributed by atoms with Crippen molar-refractivity contribution in [1.82, 2.24) is 15.5 Å². The lowest BCUT2D eigenvalue weighted by molar-refractivity contribution is -0.123. The van der Waals surface area contributed by atoms with Crippen molar-refractivity contribution in [1.29, 1.82) is 0 Å². The van der Waals surface area contributed by atoms with Crippen molar-refractivity contribution in [3.63, 3.8) is 0 Å². The van der Waals surface area contributed by atoms with Crippen molar-refractivity contribution in [3.8, 4) is 0 Å². The largest absolute Gasteiger partial charge is 0.351 e. The summed E-state index contributed by atoms with van der Waals surface area (Å²) in [4.78, 5) is 13.7. The molecule has 1 aliphatic heterocycles. The van der Waals surface area contributed by atoms with Crippen LogP contribution in [0.15, 0.2) is 0 Å². The fourth-order valence-corrected chi connectivity index (χ4v) is 1.85. The topological polar surface area (TPSA) is 44.4 Å². The number of hydrogen-bond donors (Lipinski definition) is 2. The second-order valence-electron chi connectivity index (χ2n) is 4.32. The number of likely N-dealkylation sites (N-methyl/N-ethyl adjacent to an activating group) is 1. The quantitative estimate of drug-likeness (QED) is 0.659. The van der Waals surface area contributed by atoms with E-state index in [1.54, 1.807) is 0 Å². The van der Waals surface area contributed by atoms with Crippen LogP contribution in [0, 0.1) is 0 Å². The molecule has 1 fully saturated rings. The van der Waals surface area contributed by atoms with Gasteiger partial charge in [-0.15, -0.1) is 0 Å². The Morgan fingerprint density at radius 2 is 2.36 bits per heavy atom. The molecule has 1 unspecified atom stereocenters. The van der Waals surface area contributed by atoms with Gasteiger partial charge in [0.1, 0.15) is 0 Å². The molecule has 0 aromatic rings. The maximum atomic E-state index is 11.6. The first-order valence-electron chi connectivity index (χ1n) is 5.28. The monoisotopic (exact) mass is 199 g/mol. The Bertz CT molecular complexity index is 188. The first kappa shape index (κ1) is 11.5. The van der Waals surface area contributed by atoms with Crippen LogP contribution in [0.1, 0.15) is 19.8 Å². The molecule has 0 aromatic carbocycles. The van der Waals surface area contributed by atoms with Crippen LogP contribution in [-0.4, -0.2) is 50.1 Å². The molecule has 1 heterocycles. The van der Waals surface area contributed by atoms with Crippen LogP contribution >= 0.6 is 0 Å². The summed E-state index contributed by atoms with van der Waals surface area (Å²) in [6, 6.07) is 0.263. The Morgan fingerprint density at radius 3 is 2.86 bits per heavy atom. The Balaban J connectivity index is 2.25. The highest BCUT2D eigenvalue weighted by atomic mass is 16.2. The SMILES string of the molecule is CC(CN(C)C)NC(=O)[C@@H]1CCCN1. The lowest BCUT2D eigenvalue weighted by Gasteiger charge is -2.20. The molecule has 82 valence electrons. The minimum absolute atomic E-state index is 0.0413. The summed E-state index contributed by atoms with van der Waals surface area (Å²) in [5, 5.41) is 6.20. The van der Waals surface area contributed by atoms with E-state index in [2.05, 4.69) is 15.5 Å². The highest BCUT2D eigenvalue weighted by Crippen LogP contribution is 2.04. The van der Waals surface area contributed by atoms with E-state index in [-0.39, 0.29) is 18.0 Å². The summed E-state index contributed by atoms with van der Waals surface area (Å²) < 4.78 is 0. The van der Waals surface area contributed by atoms with Crippen molar-refractivity contribution in [3.05, 3.63) is 0 Å². The Labute approximate surface area is 86.0 Å². The van der Waals surface area contributed by atoms with Crippen LogP contribution in [-0.2, 0) is 4.79 Å². The highest BCUT2D eigenvalue weighted by molar-refractivity contribution is 5.82. The van der Waals surface area contributed by atoms with Crippen LogP contribution < -0.4 is 10.6 Å². The van der Waals surface area contributed by atoms with E-state index < -0.39 is 0 Å². The summed E-state index contributed by atoms with van der Waals surface area (Å²) in [5.41, 5.74) is 0.